The SMILES string of the molecule is Cc1ccc(N(CC(=O)N(Cc2ccccc2)[C@@H](Cc2ccccc2)C(=O)NC(C)C)S(=O)(=O)c2ccccc2)c(C)c1. The lowest BCUT2D eigenvalue weighted by molar-refractivity contribution is -0.140. The zero-order valence-electron chi connectivity index (χ0n) is 25.1. The van der Waals surface area contributed by atoms with Crippen molar-refractivity contribution in [2.24, 2.45) is 0 Å². The maximum Gasteiger partial charge on any atom is 0.264 e. The first-order chi connectivity index (χ1) is 20.6. The number of nitrogens with one attached hydrogen (secondary N) is 1. The molecule has 0 unspecified atom stereocenters. The van der Waals surface area contributed by atoms with Crippen LogP contribution in [0.5, 0.6) is 0 Å². The maximum atomic E-state index is 14.4. The fourth-order valence-electron chi connectivity index (χ4n) is 5.03. The van der Waals surface area contributed by atoms with Gasteiger partial charge in [-0.1, -0.05) is 96.6 Å². The minimum absolute atomic E-state index is 0.0794. The molecule has 1 N–H and O–H groups in total. The first-order valence-corrected chi connectivity index (χ1v) is 15.8. The molecule has 7 nitrogen and oxygen atoms in total. The molecule has 8 heteroatoms. The van der Waals surface area contributed by atoms with Crippen LogP contribution in [0.15, 0.2) is 114 Å². The van der Waals surface area contributed by atoms with E-state index in [0.717, 1.165) is 26.6 Å². The van der Waals surface area contributed by atoms with E-state index in [9.17, 15) is 18.0 Å². The van der Waals surface area contributed by atoms with Crippen LogP contribution in [0.4, 0.5) is 5.69 Å². The van der Waals surface area contributed by atoms with Gasteiger partial charge in [0.2, 0.25) is 11.8 Å². The van der Waals surface area contributed by atoms with Crippen LogP contribution in [0.3, 0.4) is 0 Å². The molecule has 0 saturated carbocycles. The first-order valence-electron chi connectivity index (χ1n) is 14.4. The van der Waals surface area contributed by atoms with Crippen molar-refractivity contribution in [3.8, 4) is 0 Å². The van der Waals surface area contributed by atoms with Crippen molar-refractivity contribution in [3.05, 3.63) is 131 Å². The number of rotatable bonds is 12. The summed E-state index contributed by atoms with van der Waals surface area (Å²) in [4.78, 5) is 29.8. The molecule has 0 saturated heterocycles. The van der Waals surface area contributed by atoms with Crippen LogP contribution >= 0.6 is 0 Å². The van der Waals surface area contributed by atoms with Gasteiger partial charge in [0.15, 0.2) is 0 Å². The molecule has 0 aliphatic heterocycles. The van der Waals surface area contributed by atoms with Gasteiger partial charge >= 0.3 is 0 Å². The van der Waals surface area contributed by atoms with Gasteiger partial charge in [-0.25, -0.2) is 8.42 Å². The molecule has 4 rings (SSSR count). The summed E-state index contributed by atoms with van der Waals surface area (Å²) in [7, 11) is -4.13. The van der Waals surface area contributed by atoms with Crippen LogP contribution in [0.1, 0.15) is 36.1 Å². The number of anilines is 1. The van der Waals surface area contributed by atoms with Gasteiger partial charge in [-0.2, -0.15) is 0 Å². The van der Waals surface area contributed by atoms with E-state index >= 15 is 0 Å². The Morgan fingerprint density at radius 1 is 0.767 bits per heavy atom. The van der Waals surface area contributed by atoms with E-state index in [4.69, 9.17) is 0 Å². The average molecular weight is 598 g/mol. The van der Waals surface area contributed by atoms with Crippen LogP contribution in [0.25, 0.3) is 0 Å². The number of amides is 2. The monoisotopic (exact) mass is 597 g/mol. The molecule has 0 aliphatic rings. The van der Waals surface area contributed by atoms with E-state index < -0.39 is 28.5 Å². The molecule has 0 radical (unpaired) electrons. The fraction of sp³-hybridized carbons (Fsp3) is 0.257. The van der Waals surface area contributed by atoms with Crippen LogP contribution in [-0.2, 0) is 32.6 Å². The number of hydrogen-bond donors (Lipinski definition) is 1. The minimum atomic E-state index is -4.13. The van der Waals surface area contributed by atoms with E-state index in [0.29, 0.717) is 5.69 Å². The zero-order valence-corrected chi connectivity index (χ0v) is 25.9. The van der Waals surface area contributed by atoms with Gasteiger partial charge in [-0.05, 0) is 62.6 Å². The number of carbonyl (C=O) groups excluding carboxylic acids is 2. The van der Waals surface area contributed by atoms with Gasteiger partial charge in [0.1, 0.15) is 12.6 Å². The van der Waals surface area contributed by atoms with Gasteiger partial charge < -0.3 is 10.2 Å². The smallest absolute Gasteiger partial charge is 0.264 e. The van der Waals surface area contributed by atoms with Gasteiger partial charge in [0.05, 0.1) is 10.6 Å². The largest absolute Gasteiger partial charge is 0.352 e. The summed E-state index contributed by atoms with van der Waals surface area (Å²) in [5.41, 5.74) is 3.83. The molecule has 1 atom stereocenters. The van der Waals surface area contributed by atoms with Crippen molar-refractivity contribution in [3.63, 3.8) is 0 Å². The summed E-state index contributed by atoms with van der Waals surface area (Å²) < 4.78 is 29.4. The zero-order chi connectivity index (χ0) is 31.0. The average Bonchev–Trinajstić information content (AvgIpc) is 2.99. The summed E-state index contributed by atoms with van der Waals surface area (Å²) in [5, 5.41) is 2.98. The van der Waals surface area contributed by atoms with Gasteiger partial charge in [-0.15, -0.1) is 0 Å². The molecule has 0 fully saturated rings. The number of benzene rings is 4. The molecule has 224 valence electrons. The van der Waals surface area contributed by atoms with E-state index in [-0.39, 0.29) is 29.8 Å². The lowest BCUT2D eigenvalue weighted by Crippen LogP contribution is -2.54. The highest BCUT2D eigenvalue weighted by atomic mass is 32.2. The topological polar surface area (TPSA) is 86.8 Å². The summed E-state index contributed by atoms with van der Waals surface area (Å²) in [6, 6.07) is 31.5. The Labute approximate surface area is 255 Å². The van der Waals surface area contributed by atoms with Crippen molar-refractivity contribution in [1.82, 2.24) is 10.2 Å². The third kappa shape index (κ3) is 8.11. The standard InChI is InChI=1S/C35H39N3O4S/c1-26(2)36-35(40)33(23-29-14-8-5-9-15-29)37(24-30-16-10-6-11-17-30)34(39)25-38(32-21-20-27(3)22-28(32)4)43(41,42)31-18-12-7-13-19-31/h5-22,26,33H,23-25H2,1-4H3,(H,36,40)/t33-/m0/s1. The summed E-state index contributed by atoms with van der Waals surface area (Å²) in [5.74, 6) is -0.782. The molecule has 4 aromatic rings. The molecular weight excluding hydrogens is 558 g/mol. The predicted molar refractivity (Wildman–Crippen MR) is 171 cm³/mol. The summed E-state index contributed by atoms with van der Waals surface area (Å²) in [6.07, 6.45) is 0.271. The first kappa shape index (κ1) is 31.5. The highest BCUT2D eigenvalue weighted by molar-refractivity contribution is 7.92. The van der Waals surface area contributed by atoms with Crippen molar-refractivity contribution in [2.45, 2.75) is 57.6 Å². The predicted octanol–water partition coefficient (Wildman–Crippen LogP) is 5.66. The summed E-state index contributed by atoms with van der Waals surface area (Å²) in [6.45, 7) is 7.16. The molecule has 43 heavy (non-hydrogen) atoms. The third-order valence-electron chi connectivity index (χ3n) is 7.13. The fourth-order valence-corrected chi connectivity index (χ4v) is 6.53. The molecule has 0 heterocycles. The second-order valence-corrected chi connectivity index (χ2v) is 12.9. The second kappa shape index (κ2) is 14.2. The van der Waals surface area contributed by atoms with Crippen LogP contribution < -0.4 is 9.62 Å². The molecule has 0 spiro atoms. The maximum absolute atomic E-state index is 14.4. The third-order valence-corrected chi connectivity index (χ3v) is 8.90. The number of aryl methyl sites for hydroxylation is 2. The van der Waals surface area contributed by atoms with Crippen LogP contribution in [0, 0.1) is 13.8 Å². The lowest BCUT2D eigenvalue weighted by Gasteiger charge is -2.34. The Morgan fingerprint density at radius 2 is 1.33 bits per heavy atom. The van der Waals surface area contributed by atoms with Crippen LogP contribution in [-0.4, -0.2) is 43.8 Å². The molecular formula is C35H39N3O4S. The van der Waals surface area contributed by atoms with Crippen molar-refractivity contribution < 1.29 is 18.0 Å². The molecule has 2 amide bonds. The Kier molecular flexibility index (Phi) is 10.4. The Bertz CT molecular complexity index is 1630. The summed E-state index contributed by atoms with van der Waals surface area (Å²) >= 11 is 0. The van der Waals surface area contributed by atoms with Crippen molar-refractivity contribution >= 4 is 27.5 Å². The Hall–Kier alpha value is -4.43. The van der Waals surface area contributed by atoms with Crippen molar-refractivity contribution in [1.29, 1.82) is 0 Å². The highest BCUT2D eigenvalue weighted by Crippen LogP contribution is 2.28. The molecule has 0 aliphatic carbocycles. The van der Waals surface area contributed by atoms with E-state index in [1.165, 1.54) is 17.0 Å². The number of sulfonamides is 1. The van der Waals surface area contributed by atoms with Crippen molar-refractivity contribution in [2.75, 3.05) is 10.8 Å². The molecule has 0 aromatic heterocycles. The van der Waals surface area contributed by atoms with E-state index in [1.807, 2.05) is 100 Å². The number of carbonyl (C=O) groups is 2. The van der Waals surface area contributed by atoms with E-state index in [2.05, 4.69) is 5.32 Å². The normalized spacial score (nSPS) is 12.0. The van der Waals surface area contributed by atoms with Gasteiger partial charge in [0.25, 0.3) is 10.0 Å². The Morgan fingerprint density at radius 3 is 1.88 bits per heavy atom. The van der Waals surface area contributed by atoms with Crippen LogP contribution in [0.2, 0.25) is 0 Å². The highest BCUT2D eigenvalue weighted by Gasteiger charge is 2.35. The number of hydrogen-bond acceptors (Lipinski definition) is 4. The van der Waals surface area contributed by atoms with Gasteiger partial charge in [-0.3, -0.25) is 13.9 Å². The minimum Gasteiger partial charge on any atom is -0.352 e. The van der Waals surface area contributed by atoms with Gasteiger partial charge in [0, 0.05) is 19.0 Å². The second-order valence-electron chi connectivity index (χ2n) is 11.0. The molecule has 4 aromatic carbocycles. The Balaban J connectivity index is 1.81. The lowest BCUT2D eigenvalue weighted by atomic mass is 10.0. The van der Waals surface area contributed by atoms with E-state index in [1.54, 1.807) is 24.3 Å². The number of nitrogens with zero attached hydrogens (tertiary/aromatic N) is 2. The quantitative estimate of drug-likeness (QED) is 0.228. The molecule has 0 bridgehead atoms.